The van der Waals surface area contributed by atoms with Gasteiger partial charge in [0.2, 0.25) is 0 Å². The van der Waals surface area contributed by atoms with E-state index in [0.717, 1.165) is 0 Å². The van der Waals surface area contributed by atoms with E-state index in [2.05, 4.69) is 20.8 Å². The summed E-state index contributed by atoms with van der Waals surface area (Å²) in [5.74, 6) is 0. The van der Waals surface area contributed by atoms with E-state index in [1.807, 2.05) is 0 Å². The molecule has 0 aliphatic heterocycles. The average molecular weight is 272 g/mol. The predicted molar refractivity (Wildman–Crippen MR) is 89.3 cm³/mol. The van der Waals surface area contributed by atoms with Crippen LogP contribution in [0.15, 0.2) is 0 Å². The Labute approximate surface area is 118 Å². The first-order valence-electron chi connectivity index (χ1n) is 8.57. The van der Waals surface area contributed by atoms with E-state index >= 15 is 0 Å². The van der Waals surface area contributed by atoms with Gasteiger partial charge in [-0.1, -0.05) is 72.1 Å². The highest BCUT2D eigenvalue weighted by atomic mass is 31.1. The first-order valence-corrected chi connectivity index (χ1v) is 10.5. The molecule has 0 radical (unpaired) electrons. The lowest BCUT2D eigenvalue weighted by Crippen LogP contribution is -1.96. The van der Waals surface area contributed by atoms with Gasteiger partial charge >= 0.3 is 0 Å². The standard InChI is InChI=1S/C17H37P/c1-4-7-10-11-14-17-18(15-12-8-5-2)16-13-9-6-3/h4-17H2,1-3H3. The minimum atomic E-state index is 0.395. The molecule has 1 heteroatoms. The Morgan fingerprint density at radius 3 is 1.22 bits per heavy atom. The van der Waals surface area contributed by atoms with Gasteiger partial charge in [0.25, 0.3) is 0 Å². The molecule has 110 valence electrons. The van der Waals surface area contributed by atoms with E-state index in [0.29, 0.717) is 7.92 Å². The van der Waals surface area contributed by atoms with Crippen molar-refractivity contribution in [3.05, 3.63) is 0 Å². The summed E-state index contributed by atoms with van der Waals surface area (Å²) in [6.07, 6.45) is 20.7. The summed E-state index contributed by atoms with van der Waals surface area (Å²) in [4.78, 5) is 0. The van der Waals surface area contributed by atoms with Gasteiger partial charge in [-0.2, -0.15) is 0 Å². The van der Waals surface area contributed by atoms with Gasteiger partial charge in [0.1, 0.15) is 0 Å². The van der Waals surface area contributed by atoms with Crippen molar-refractivity contribution in [2.24, 2.45) is 0 Å². The van der Waals surface area contributed by atoms with Crippen molar-refractivity contribution in [1.29, 1.82) is 0 Å². The molecule has 0 aliphatic carbocycles. The molecule has 0 saturated carbocycles. The van der Waals surface area contributed by atoms with Crippen molar-refractivity contribution in [2.75, 3.05) is 18.5 Å². The van der Waals surface area contributed by atoms with Gasteiger partial charge in [-0.3, -0.25) is 0 Å². The summed E-state index contributed by atoms with van der Waals surface area (Å²) in [5.41, 5.74) is 0. The maximum Gasteiger partial charge on any atom is -0.0326 e. The fraction of sp³-hybridized carbons (Fsp3) is 1.00. The second-order valence-electron chi connectivity index (χ2n) is 5.67. The Morgan fingerprint density at radius 2 is 0.778 bits per heavy atom. The topological polar surface area (TPSA) is 0 Å². The summed E-state index contributed by atoms with van der Waals surface area (Å²) in [5, 5.41) is 0. The highest BCUT2D eigenvalue weighted by Crippen LogP contribution is 2.39. The van der Waals surface area contributed by atoms with Crippen LogP contribution in [0, 0.1) is 0 Å². The lowest BCUT2D eigenvalue weighted by Gasteiger charge is -2.17. The van der Waals surface area contributed by atoms with Crippen LogP contribution in [-0.4, -0.2) is 18.5 Å². The summed E-state index contributed by atoms with van der Waals surface area (Å²) < 4.78 is 0. The molecule has 0 unspecified atom stereocenters. The third kappa shape index (κ3) is 12.9. The molecule has 0 aromatic carbocycles. The molecule has 0 N–H and O–H groups in total. The van der Waals surface area contributed by atoms with E-state index < -0.39 is 0 Å². The Balaban J connectivity index is 3.60. The molecule has 0 fully saturated rings. The van der Waals surface area contributed by atoms with Gasteiger partial charge in [-0.25, -0.2) is 0 Å². The Kier molecular flexibility index (Phi) is 15.9. The van der Waals surface area contributed by atoms with Crippen molar-refractivity contribution in [1.82, 2.24) is 0 Å². The first-order chi connectivity index (χ1) is 8.85. The first kappa shape index (κ1) is 18.4. The van der Waals surface area contributed by atoms with Crippen molar-refractivity contribution in [3.63, 3.8) is 0 Å². The van der Waals surface area contributed by atoms with Gasteiger partial charge in [-0.05, 0) is 37.7 Å². The zero-order valence-corrected chi connectivity index (χ0v) is 14.2. The highest BCUT2D eigenvalue weighted by Gasteiger charge is 2.07. The van der Waals surface area contributed by atoms with Crippen LogP contribution in [0.1, 0.15) is 91.4 Å². The van der Waals surface area contributed by atoms with E-state index in [9.17, 15) is 0 Å². The lowest BCUT2D eigenvalue weighted by atomic mass is 10.2. The Morgan fingerprint density at radius 1 is 0.444 bits per heavy atom. The maximum atomic E-state index is 2.32. The van der Waals surface area contributed by atoms with Gasteiger partial charge in [0, 0.05) is 0 Å². The normalized spacial score (nSPS) is 11.3. The van der Waals surface area contributed by atoms with Crippen LogP contribution in [0.4, 0.5) is 0 Å². The SMILES string of the molecule is CCCCCCCP(CCCCC)CCCCC. The van der Waals surface area contributed by atoms with Crippen LogP contribution >= 0.6 is 7.92 Å². The third-order valence-corrected chi connectivity index (χ3v) is 6.58. The molecule has 0 nitrogen and oxygen atoms in total. The van der Waals surface area contributed by atoms with Crippen LogP contribution < -0.4 is 0 Å². The van der Waals surface area contributed by atoms with Crippen molar-refractivity contribution >= 4 is 7.92 Å². The highest BCUT2D eigenvalue weighted by molar-refractivity contribution is 7.57. The van der Waals surface area contributed by atoms with Crippen molar-refractivity contribution in [2.45, 2.75) is 91.4 Å². The molecule has 0 aliphatic rings. The maximum absolute atomic E-state index is 2.32. The van der Waals surface area contributed by atoms with E-state index in [-0.39, 0.29) is 0 Å². The molecule has 0 rings (SSSR count). The fourth-order valence-corrected chi connectivity index (χ4v) is 5.13. The smallest absolute Gasteiger partial charge is 0.0326 e. The largest absolute Gasteiger partial charge is 0.107 e. The van der Waals surface area contributed by atoms with Crippen LogP contribution in [-0.2, 0) is 0 Å². The van der Waals surface area contributed by atoms with E-state index in [4.69, 9.17) is 0 Å². The summed E-state index contributed by atoms with van der Waals surface area (Å²) >= 11 is 0. The fourth-order valence-electron chi connectivity index (χ4n) is 2.45. The van der Waals surface area contributed by atoms with Gasteiger partial charge in [-0.15, -0.1) is 7.92 Å². The molecule has 0 bridgehead atoms. The van der Waals surface area contributed by atoms with Crippen molar-refractivity contribution < 1.29 is 0 Å². The molecular weight excluding hydrogens is 235 g/mol. The van der Waals surface area contributed by atoms with Crippen LogP contribution in [0.5, 0.6) is 0 Å². The monoisotopic (exact) mass is 272 g/mol. The van der Waals surface area contributed by atoms with Gasteiger partial charge in [0.05, 0.1) is 0 Å². The Hall–Kier alpha value is 0.430. The Bertz CT molecular complexity index is 135. The summed E-state index contributed by atoms with van der Waals surface area (Å²) in [6, 6.07) is 0. The zero-order chi connectivity index (χ0) is 13.5. The molecule has 0 amide bonds. The van der Waals surface area contributed by atoms with E-state index in [1.165, 1.54) is 70.6 Å². The van der Waals surface area contributed by atoms with Gasteiger partial charge in [0.15, 0.2) is 0 Å². The third-order valence-electron chi connectivity index (χ3n) is 3.73. The molecular formula is C17H37P. The predicted octanol–water partition coefficient (Wildman–Crippen LogP) is 6.82. The summed E-state index contributed by atoms with van der Waals surface area (Å²) in [7, 11) is 0.395. The molecule has 0 spiro atoms. The minimum Gasteiger partial charge on any atom is -0.107 e. The number of hydrogen-bond acceptors (Lipinski definition) is 0. The lowest BCUT2D eigenvalue weighted by molar-refractivity contribution is 0.657. The second-order valence-corrected chi connectivity index (χ2v) is 8.35. The molecule has 0 saturated heterocycles. The minimum absolute atomic E-state index is 0.395. The van der Waals surface area contributed by atoms with Crippen LogP contribution in [0.25, 0.3) is 0 Å². The second kappa shape index (κ2) is 15.5. The van der Waals surface area contributed by atoms with E-state index in [1.54, 1.807) is 18.5 Å². The van der Waals surface area contributed by atoms with Gasteiger partial charge < -0.3 is 0 Å². The molecule has 0 aromatic heterocycles. The molecule has 18 heavy (non-hydrogen) atoms. The number of rotatable bonds is 14. The van der Waals surface area contributed by atoms with Crippen LogP contribution in [0.2, 0.25) is 0 Å². The zero-order valence-electron chi connectivity index (χ0n) is 13.3. The quantitative estimate of drug-likeness (QED) is 0.240. The molecule has 0 aromatic rings. The number of unbranched alkanes of at least 4 members (excludes halogenated alkanes) is 8. The molecule has 0 heterocycles. The van der Waals surface area contributed by atoms with Crippen LogP contribution in [0.3, 0.4) is 0 Å². The average Bonchev–Trinajstić information content (AvgIpc) is 2.38. The number of hydrogen-bond donors (Lipinski definition) is 0. The van der Waals surface area contributed by atoms with Crippen molar-refractivity contribution in [3.8, 4) is 0 Å². The summed E-state index contributed by atoms with van der Waals surface area (Å²) in [6.45, 7) is 6.95. The molecule has 0 atom stereocenters.